The van der Waals surface area contributed by atoms with E-state index in [4.69, 9.17) is 0 Å². The van der Waals surface area contributed by atoms with Crippen molar-refractivity contribution in [1.29, 1.82) is 0 Å². The Kier molecular flexibility index (Phi) is 4.79. The molecule has 0 radical (unpaired) electrons. The maximum absolute atomic E-state index is 11.9. The molecule has 0 aliphatic carbocycles. The molecule has 2 rings (SSSR count). The molecule has 2 aromatic rings. The van der Waals surface area contributed by atoms with Gasteiger partial charge in [0.15, 0.2) is 0 Å². The maximum Gasteiger partial charge on any atom is 0.264 e. The lowest BCUT2D eigenvalue weighted by Gasteiger charge is -2.12. The van der Waals surface area contributed by atoms with E-state index in [1.165, 1.54) is 0 Å². The third kappa shape index (κ3) is 3.26. The third-order valence-electron chi connectivity index (χ3n) is 3.29. The second-order valence-electron chi connectivity index (χ2n) is 4.55. The Bertz CT molecular complexity index is 599. The fourth-order valence-electron chi connectivity index (χ4n) is 2.13. The van der Waals surface area contributed by atoms with E-state index >= 15 is 0 Å². The Hall–Kier alpha value is -1.11. The SMILES string of the molecule is CCC(CC)n1ccc(Cn2cccc(I)c2=O)n1. The molecule has 19 heavy (non-hydrogen) atoms. The highest BCUT2D eigenvalue weighted by Gasteiger charge is 2.09. The van der Waals surface area contributed by atoms with Crippen LogP contribution in [0.5, 0.6) is 0 Å². The van der Waals surface area contributed by atoms with Crippen LogP contribution in [0, 0.1) is 3.57 Å². The first-order valence-electron chi connectivity index (χ1n) is 6.54. The van der Waals surface area contributed by atoms with Gasteiger partial charge in [-0.25, -0.2) is 0 Å². The summed E-state index contributed by atoms with van der Waals surface area (Å²) in [6.45, 7) is 4.86. The van der Waals surface area contributed by atoms with Crippen molar-refractivity contribution in [3.63, 3.8) is 0 Å². The summed E-state index contributed by atoms with van der Waals surface area (Å²) in [6.07, 6.45) is 5.95. The van der Waals surface area contributed by atoms with Crippen LogP contribution in [0.3, 0.4) is 0 Å². The average Bonchev–Trinajstić information content (AvgIpc) is 2.85. The van der Waals surface area contributed by atoms with E-state index in [1.54, 1.807) is 10.8 Å². The van der Waals surface area contributed by atoms with E-state index in [-0.39, 0.29) is 5.56 Å². The van der Waals surface area contributed by atoms with E-state index in [9.17, 15) is 4.79 Å². The van der Waals surface area contributed by atoms with Gasteiger partial charge < -0.3 is 4.57 Å². The molecule has 0 bridgehead atoms. The number of nitrogens with zero attached hydrogens (tertiary/aromatic N) is 3. The standard InChI is InChI=1S/C14H18IN3O/c1-3-12(4-2)18-9-7-11(16-18)10-17-8-5-6-13(15)14(17)19/h5-9,12H,3-4,10H2,1-2H3. The zero-order valence-electron chi connectivity index (χ0n) is 11.2. The summed E-state index contributed by atoms with van der Waals surface area (Å²) in [4.78, 5) is 11.9. The highest BCUT2D eigenvalue weighted by molar-refractivity contribution is 14.1. The van der Waals surface area contributed by atoms with Crippen LogP contribution in [0.1, 0.15) is 38.4 Å². The van der Waals surface area contributed by atoms with Gasteiger partial charge in [-0.3, -0.25) is 9.48 Å². The Balaban J connectivity index is 2.20. The summed E-state index contributed by atoms with van der Waals surface area (Å²) < 4.78 is 4.44. The second-order valence-corrected chi connectivity index (χ2v) is 5.71. The second kappa shape index (κ2) is 6.36. The molecular weight excluding hydrogens is 353 g/mol. The lowest BCUT2D eigenvalue weighted by Crippen LogP contribution is -2.22. The monoisotopic (exact) mass is 371 g/mol. The quantitative estimate of drug-likeness (QED) is 0.758. The van der Waals surface area contributed by atoms with E-state index < -0.39 is 0 Å². The molecule has 0 N–H and O–H groups in total. The predicted molar refractivity (Wildman–Crippen MR) is 84.4 cm³/mol. The molecular formula is C14H18IN3O. The number of hydrogen-bond donors (Lipinski definition) is 0. The van der Waals surface area contributed by atoms with Crippen LogP contribution in [0.2, 0.25) is 0 Å². The minimum Gasteiger partial charge on any atom is -0.309 e. The van der Waals surface area contributed by atoms with Crippen LogP contribution in [-0.2, 0) is 6.54 Å². The van der Waals surface area contributed by atoms with Gasteiger partial charge in [0.05, 0.1) is 21.9 Å². The predicted octanol–water partition coefficient (Wildman–Crippen LogP) is 3.06. The molecule has 0 spiro atoms. The number of halogens is 1. The van der Waals surface area contributed by atoms with Crippen molar-refractivity contribution >= 4 is 22.6 Å². The highest BCUT2D eigenvalue weighted by Crippen LogP contribution is 2.14. The number of hydrogen-bond acceptors (Lipinski definition) is 2. The fraction of sp³-hybridized carbons (Fsp3) is 0.429. The van der Waals surface area contributed by atoms with Crippen LogP contribution in [0.15, 0.2) is 35.4 Å². The smallest absolute Gasteiger partial charge is 0.264 e. The first-order valence-corrected chi connectivity index (χ1v) is 7.62. The molecule has 0 atom stereocenters. The molecule has 0 aromatic carbocycles. The van der Waals surface area contributed by atoms with Crippen LogP contribution in [0.4, 0.5) is 0 Å². The van der Waals surface area contributed by atoms with Gasteiger partial charge in [0.2, 0.25) is 0 Å². The summed E-state index contributed by atoms with van der Waals surface area (Å²) in [7, 11) is 0. The van der Waals surface area contributed by atoms with E-state index in [2.05, 4.69) is 41.5 Å². The molecule has 0 aliphatic heterocycles. The first kappa shape index (κ1) is 14.3. The van der Waals surface area contributed by atoms with Gasteiger partial charge in [-0.15, -0.1) is 0 Å². The molecule has 0 amide bonds. The summed E-state index contributed by atoms with van der Waals surface area (Å²) in [5.41, 5.74) is 0.969. The maximum atomic E-state index is 11.9. The summed E-state index contributed by atoms with van der Waals surface area (Å²) in [5.74, 6) is 0. The van der Waals surface area contributed by atoms with Crippen molar-refractivity contribution in [2.24, 2.45) is 0 Å². The first-order chi connectivity index (χ1) is 9.15. The Morgan fingerprint density at radius 1 is 1.26 bits per heavy atom. The Labute approximate surface area is 126 Å². The fourth-order valence-corrected chi connectivity index (χ4v) is 2.65. The van der Waals surface area contributed by atoms with Gasteiger partial charge in [-0.2, -0.15) is 5.10 Å². The molecule has 2 heterocycles. The van der Waals surface area contributed by atoms with Crippen molar-refractivity contribution in [3.8, 4) is 0 Å². The topological polar surface area (TPSA) is 39.8 Å². The largest absolute Gasteiger partial charge is 0.309 e. The molecule has 0 aliphatic rings. The third-order valence-corrected chi connectivity index (χ3v) is 4.11. The van der Waals surface area contributed by atoms with Crippen LogP contribution < -0.4 is 5.56 Å². The van der Waals surface area contributed by atoms with Crippen molar-refractivity contribution in [2.45, 2.75) is 39.3 Å². The van der Waals surface area contributed by atoms with Gasteiger partial charge in [0.25, 0.3) is 5.56 Å². The van der Waals surface area contributed by atoms with Crippen LogP contribution >= 0.6 is 22.6 Å². The Morgan fingerprint density at radius 2 is 2.00 bits per heavy atom. The van der Waals surface area contributed by atoms with E-state index in [0.717, 1.165) is 22.1 Å². The zero-order valence-corrected chi connectivity index (χ0v) is 13.4. The van der Waals surface area contributed by atoms with E-state index in [0.29, 0.717) is 12.6 Å². The number of pyridine rings is 1. The summed E-state index contributed by atoms with van der Waals surface area (Å²) in [6, 6.07) is 6.15. The molecule has 0 saturated carbocycles. The lowest BCUT2D eigenvalue weighted by molar-refractivity contribution is 0.424. The van der Waals surface area contributed by atoms with Crippen molar-refractivity contribution in [1.82, 2.24) is 14.3 Å². The van der Waals surface area contributed by atoms with Gasteiger partial charge in [-0.1, -0.05) is 13.8 Å². The normalized spacial score (nSPS) is 11.2. The average molecular weight is 371 g/mol. The van der Waals surface area contributed by atoms with Gasteiger partial charge in [-0.05, 0) is 53.6 Å². The highest BCUT2D eigenvalue weighted by atomic mass is 127. The number of aromatic nitrogens is 3. The molecule has 0 fully saturated rings. The van der Waals surface area contributed by atoms with Crippen molar-refractivity contribution < 1.29 is 0 Å². The van der Waals surface area contributed by atoms with Gasteiger partial charge in [0, 0.05) is 12.4 Å². The molecule has 2 aromatic heterocycles. The van der Waals surface area contributed by atoms with Crippen LogP contribution in [-0.4, -0.2) is 14.3 Å². The van der Waals surface area contributed by atoms with Gasteiger partial charge in [0.1, 0.15) is 0 Å². The molecule has 102 valence electrons. The van der Waals surface area contributed by atoms with Gasteiger partial charge >= 0.3 is 0 Å². The van der Waals surface area contributed by atoms with Crippen LogP contribution in [0.25, 0.3) is 0 Å². The Morgan fingerprint density at radius 3 is 2.68 bits per heavy atom. The molecule has 0 unspecified atom stereocenters. The lowest BCUT2D eigenvalue weighted by atomic mass is 10.2. The molecule has 5 heteroatoms. The summed E-state index contributed by atoms with van der Waals surface area (Å²) >= 11 is 2.06. The number of rotatable bonds is 5. The van der Waals surface area contributed by atoms with Crippen molar-refractivity contribution in [3.05, 3.63) is 50.2 Å². The minimum absolute atomic E-state index is 0.0418. The minimum atomic E-state index is 0.0418. The molecule has 0 saturated heterocycles. The molecule has 4 nitrogen and oxygen atoms in total. The van der Waals surface area contributed by atoms with Crippen molar-refractivity contribution in [2.75, 3.05) is 0 Å². The zero-order chi connectivity index (χ0) is 13.8. The summed E-state index contributed by atoms with van der Waals surface area (Å²) in [5, 5.41) is 4.57. The van der Waals surface area contributed by atoms with E-state index in [1.807, 2.05) is 29.1 Å².